The zero-order chi connectivity index (χ0) is 21.4. The molecule has 2 aromatic carbocycles. The van der Waals surface area contributed by atoms with Gasteiger partial charge in [-0.3, -0.25) is 9.59 Å². The molecule has 0 aliphatic rings. The molecule has 0 aromatic heterocycles. The Bertz CT molecular complexity index is 868. The molecule has 4 N–H and O–H groups in total. The molecule has 0 aliphatic heterocycles. The molecule has 156 valence electrons. The molecule has 8 nitrogen and oxygen atoms in total. The molecule has 0 spiro atoms. The maximum absolute atomic E-state index is 12.7. The Morgan fingerprint density at radius 3 is 2.21 bits per heavy atom. The van der Waals surface area contributed by atoms with Gasteiger partial charge in [-0.1, -0.05) is 0 Å². The van der Waals surface area contributed by atoms with E-state index in [0.29, 0.717) is 40.5 Å². The van der Waals surface area contributed by atoms with E-state index < -0.39 is 5.91 Å². The van der Waals surface area contributed by atoms with Crippen molar-refractivity contribution in [2.75, 3.05) is 52.5 Å². The van der Waals surface area contributed by atoms with Gasteiger partial charge >= 0.3 is 0 Å². The summed E-state index contributed by atoms with van der Waals surface area (Å²) < 4.78 is 10.5. The fourth-order valence-corrected chi connectivity index (χ4v) is 2.76. The Morgan fingerprint density at radius 2 is 1.59 bits per heavy atom. The maximum Gasteiger partial charge on any atom is 0.259 e. The van der Waals surface area contributed by atoms with E-state index in [9.17, 15) is 9.59 Å². The Morgan fingerprint density at radius 1 is 0.966 bits per heavy atom. The van der Waals surface area contributed by atoms with Gasteiger partial charge in [0.25, 0.3) is 11.8 Å². The average molecular weight is 400 g/mol. The van der Waals surface area contributed by atoms with Crippen molar-refractivity contribution in [3.8, 4) is 11.5 Å². The predicted molar refractivity (Wildman–Crippen MR) is 114 cm³/mol. The van der Waals surface area contributed by atoms with Crippen molar-refractivity contribution >= 4 is 23.2 Å². The topological polar surface area (TPSA) is 106 Å². The van der Waals surface area contributed by atoms with Crippen LogP contribution in [0.1, 0.15) is 27.1 Å². The number of amides is 2. The van der Waals surface area contributed by atoms with Crippen LogP contribution in [0, 0.1) is 0 Å². The van der Waals surface area contributed by atoms with Gasteiger partial charge in [-0.25, -0.2) is 0 Å². The van der Waals surface area contributed by atoms with E-state index >= 15 is 0 Å². The number of carbonyl (C=O) groups excluding carboxylic acids is 2. The first kappa shape index (κ1) is 22.0. The van der Waals surface area contributed by atoms with Gasteiger partial charge in [0, 0.05) is 17.9 Å². The number of nitrogens with two attached hydrogens (primary N) is 1. The summed E-state index contributed by atoms with van der Waals surface area (Å²) in [4.78, 5) is 27.3. The summed E-state index contributed by atoms with van der Waals surface area (Å²) in [6, 6.07) is 9.71. The van der Waals surface area contributed by atoms with Crippen molar-refractivity contribution in [1.29, 1.82) is 0 Å². The monoisotopic (exact) mass is 400 g/mol. The van der Waals surface area contributed by atoms with Crippen molar-refractivity contribution in [3.63, 3.8) is 0 Å². The van der Waals surface area contributed by atoms with E-state index in [2.05, 4.69) is 10.6 Å². The van der Waals surface area contributed by atoms with E-state index in [1.165, 1.54) is 20.3 Å². The number of ether oxygens (including phenoxy) is 2. The van der Waals surface area contributed by atoms with Crippen LogP contribution in [0.5, 0.6) is 11.5 Å². The zero-order valence-corrected chi connectivity index (χ0v) is 17.2. The fourth-order valence-electron chi connectivity index (χ4n) is 2.76. The maximum atomic E-state index is 12.7. The van der Waals surface area contributed by atoms with Gasteiger partial charge in [-0.15, -0.1) is 0 Å². The molecule has 0 bridgehead atoms. The molecule has 0 saturated carbocycles. The van der Waals surface area contributed by atoms with Crippen LogP contribution in [-0.4, -0.2) is 58.1 Å². The first-order chi connectivity index (χ1) is 13.8. The standard InChI is InChI=1S/C21H28N4O4/c1-25(2)11-5-10-23-20(26)17-13-15(7-9-19(17)29-4)24-21(27)16-12-14(22)6-8-18(16)28-3/h6-9,12-13H,5,10-11,22H2,1-4H3,(H,23,26)(H,24,27). The van der Waals surface area contributed by atoms with Crippen LogP contribution in [0.3, 0.4) is 0 Å². The van der Waals surface area contributed by atoms with Crippen LogP contribution in [0.2, 0.25) is 0 Å². The molecule has 0 aliphatic carbocycles. The number of hydrogen-bond acceptors (Lipinski definition) is 6. The number of benzene rings is 2. The van der Waals surface area contributed by atoms with Crippen LogP contribution in [0.4, 0.5) is 11.4 Å². The van der Waals surface area contributed by atoms with Crippen molar-refractivity contribution in [3.05, 3.63) is 47.5 Å². The van der Waals surface area contributed by atoms with Gasteiger partial charge in [-0.2, -0.15) is 0 Å². The minimum atomic E-state index is -0.392. The van der Waals surface area contributed by atoms with E-state index in [1.807, 2.05) is 19.0 Å². The van der Waals surface area contributed by atoms with Crippen LogP contribution < -0.4 is 25.8 Å². The molecule has 2 aromatic rings. The summed E-state index contributed by atoms with van der Waals surface area (Å²) in [5.74, 6) is 0.175. The molecule has 0 radical (unpaired) electrons. The number of anilines is 2. The molecule has 0 saturated heterocycles. The second-order valence-corrected chi connectivity index (χ2v) is 6.74. The molecule has 0 unspecified atom stereocenters. The summed E-state index contributed by atoms with van der Waals surface area (Å²) in [5, 5.41) is 5.64. The minimum Gasteiger partial charge on any atom is -0.496 e. The van der Waals surface area contributed by atoms with Gasteiger partial charge in [0.05, 0.1) is 25.3 Å². The highest BCUT2D eigenvalue weighted by molar-refractivity contribution is 6.07. The molecule has 8 heteroatoms. The molecule has 2 amide bonds. The third kappa shape index (κ3) is 6.11. The van der Waals surface area contributed by atoms with Crippen molar-refractivity contribution in [2.45, 2.75) is 6.42 Å². The summed E-state index contributed by atoms with van der Waals surface area (Å²) in [7, 11) is 6.93. The Kier molecular flexibility index (Phi) is 7.85. The number of rotatable bonds is 9. The van der Waals surface area contributed by atoms with Crippen LogP contribution in [0.25, 0.3) is 0 Å². The van der Waals surface area contributed by atoms with Gasteiger partial charge in [0.2, 0.25) is 0 Å². The lowest BCUT2D eigenvalue weighted by molar-refractivity contribution is 0.0947. The molecular formula is C21H28N4O4. The van der Waals surface area contributed by atoms with E-state index in [0.717, 1.165) is 13.0 Å². The van der Waals surface area contributed by atoms with E-state index in [1.54, 1.807) is 30.3 Å². The molecule has 0 heterocycles. The molecule has 29 heavy (non-hydrogen) atoms. The Labute approximate surface area is 171 Å². The summed E-state index contributed by atoms with van der Waals surface area (Å²) in [6.07, 6.45) is 0.826. The smallest absolute Gasteiger partial charge is 0.259 e. The number of hydrogen-bond donors (Lipinski definition) is 3. The van der Waals surface area contributed by atoms with Gasteiger partial charge in [0.1, 0.15) is 11.5 Å². The quantitative estimate of drug-likeness (QED) is 0.440. The number of nitrogens with zero attached hydrogens (tertiary/aromatic N) is 1. The van der Waals surface area contributed by atoms with Crippen LogP contribution >= 0.6 is 0 Å². The molecular weight excluding hydrogens is 372 g/mol. The lowest BCUT2D eigenvalue weighted by atomic mass is 10.1. The largest absolute Gasteiger partial charge is 0.496 e. The van der Waals surface area contributed by atoms with Crippen molar-refractivity contribution in [2.24, 2.45) is 0 Å². The fraction of sp³-hybridized carbons (Fsp3) is 0.333. The first-order valence-electron chi connectivity index (χ1n) is 9.21. The van der Waals surface area contributed by atoms with Gasteiger partial charge in [-0.05, 0) is 63.5 Å². The van der Waals surface area contributed by atoms with Crippen molar-refractivity contribution < 1.29 is 19.1 Å². The highest BCUT2D eigenvalue weighted by atomic mass is 16.5. The SMILES string of the molecule is COc1ccc(NC(=O)c2cc(N)ccc2OC)cc1C(=O)NCCCN(C)C. The number of methoxy groups -OCH3 is 2. The second-order valence-electron chi connectivity index (χ2n) is 6.74. The second kappa shape index (κ2) is 10.3. The third-order valence-corrected chi connectivity index (χ3v) is 4.24. The number of nitrogen functional groups attached to an aromatic ring is 1. The summed E-state index contributed by atoms with van der Waals surface area (Å²) in [5.41, 5.74) is 7.33. The van der Waals surface area contributed by atoms with E-state index in [4.69, 9.17) is 15.2 Å². The van der Waals surface area contributed by atoms with E-state index in [-0.39, 0.29) is 5.91 Å². The highest BCUT2D eigenvalue weighted by Crippen LogP contribution is 2.25. The molecule has 0 fully saturated rings. The number of nitrogens with one attached hydrogen (secondary N) is 2. The van der Waals surface area contributed by atoms with Gasteiger partial charge in [0.15, 0.2) is 0 Å². The number of carbonyl (C=O) groups is 2. The van der Waals surface area contributed by atoms with Crippen molar-refractivity contribution in [1.82, 2.24) is 10.2 Å². The molecule has 0 atom stereocenters. The van der Waals surface area contributed by atoms with Crippen LogP contribution in [-0.2, 0) is 0 Å². The Hall–Kier alpha value is -3.26. The summed E-state index contributed by atoms with van der Waals surface area (Å²) >= 11 is 0. The molecule has 2 rings (SSSR count). The Balaban J connectivity index is 2.16. The normalized spacial score (nSPS) is 10.5. The van der Waals surface area contributed by atoms with Gasteiger partial charge < -0.3 is 30.7 Å². The minimum absolute atomic E-state index is 0.266. The highest BCUT2D eigenvalue weighted by Gasteiger charge is 2.16. The zero-order valence-electron chi connectivity index (χ0n) is 17.2. The first-order valence-corrected chi connectivity index (χ1v) is 9.21. The predicted octanol–water partition coefficient (Wildman–Crippen LogP) is 2.22. The average Bonchev–Trinajstić information content (AvgIpc) is 2.70. The lowest BCUT2D eigenvalue weighted by Crippen LogP contribution is -2.27. The lowest BCUT2D eigenvalue weighted by Gasteiger charge is -2.14. The summed E-state index contributed by atoms with van der Waals surface area (Å²) in [6.45, 7) is 1.41. The van der Waals surface area contributed by atoms with Crippen LogP contribution in [0.15, 0.2) is 36.4 Å². The third-order valence-electron chi connectivity index (χ3n) is 4.24.